The number of hydrogen-bond acceptors (Lipinski definition) is 4. The zero-order chi connectivity index (χ0) is 15.4. The van der Waals surface area contributed by atoms with Gasteiger partial charge in [0.25, 0.3) is 5.69 Å². The highest BCUT2D eigenvalue weighted by molar-refractivity contribution is 5.62. The van der Waals surface area contributed by atoms with E-state index < -0.39 is 0 Å². The smallest absolute Gasteiger partial charge is 0.272 e. The predicted molar refractivity (Wildman–Crippen MR) is 82.2 cm³/mol. The van der Waals surface area contributed by atoms with Gasteiger partial charge in [-0.1, -0.05) is 13.8 Å². The highest BCUT2D eigenvalue weighted by Gasteiger charge is 2.15. The van der Waals surface area contributed by atoms with Crippen LogP contribution in [0.25, 0.3) is 11.3 Å². The number of nitrogens with one attached hydrogen (secondary N) is 1. The van der Waals surface area contributed by atoms with Crippen LogP contribution in [0.15, 0.2) is 34.7 Å². The molecule has 0 saturated carbocycles. The van der Waals surface area contributed by atoms with Gasteiger partial charge in [-0.25, -0.2) is 0 Å². The van der Waals surface area contributed by atoms with E-state index in [1.165, 1.54) is 6.07 Å². The minimum Gasteiger partial charge on any atom is -0.459 e. The number of nitro groups is 1. The molecule has 0 bridgehead atoms. The summed E-state index contributed by atoms with van der Waals surface area (Å²) in [7, 11) is 0. The van der Waals surface area contributed by atoms with Crippen LogP contribution in [-0.4, -0.2) is 11.5 Å². The Morgan fingerprint density at radius 1 is 1.29 bits per heavy atom. The predicted octanol–water partition coefficient (Wildman–Crippen LogP) is 4.22. The van der Waals surface area contributed by atoms with E-state index in [2.05, 4.69) is 19.2 Å². The van der Waals surface area contributed by atoms with Gasteiger partial charge < -0.3 is 9.73 Å². The first-order chi connectivity index (χ1) is 10.1. The fourth-order valence-electron chi connectivity index (χ4n) is 2.40. The molecule has 5 heteroatoms. The molecule has 0 saturated heterocycles. The van der Waals surface area contributed by atoms with Crippen molar-refractivity contribution in [3.63, 3.8) is 0 Å². The van der Waals surface area contributed by atoms with Gasteiger partial charge in [0.2, 0.25) is 0 Å². The van der Waals surface area contributed by atoms with Crippen LogP contribution in [0.2, 0.25) is 0 Å². The molecule has 2 aromatic rings. The third-order valence-electron chi connectivity index (χ3n) is 3.51. The maximum absolute atomic E-state index is 10.8. The van der Waals surface area contributed by atoms with E-state index in [-0.39, 0.29) is 16.7 Å². The summed E-state index contributed by atoms with van der Waals surface area (Å²) in [6, 6.07) is 9.10. The topological polar surface area (TPSA) is 68.3 Å². The van der Waals surface area contributed by atoms with E-state index in [4.69, 9.17) is 4.42 Å². The van der Waals surface area contributed by atoms with E-state index in [1.807, 2.05) is 12.1 Å². The number of nitrogens with zero attached hydrogens (tertiary/aromatic N) is 1. The molecule has 0 aliphatic heterocycles. The van der Waals surface area contributed by atoms with E-state index >= 15 is 0 Å². The number of benzene rings is 1. The number of aryl methyl sites for hydroxylation is 1. The van der Waals surface area contributed by atoms with Crippen LogP contribution in [0.4, 0.5) is 5.69 Å². The first kappa shape index (κ1) is 15.3. The number of rotatable bonds is 6. The summed E-state index contributed by atoms with van der Waals surface area (Å²) >= 11 is 0. The Hall–Kier alpha value is -2.14. The number of furan rings is 1. The molecular formula is C16H20N2O3. The van der Waals surface area contributed by atoms with Crippen molar-refractivity contribution < 1.29 is 9.34 Å². The molecule has 21 heavy (non-hydrogen) atoms. The molecule has 0 aliphatic carbocycles. The Labute approximate surface area is 124 Å². The highest BCUT2D eigenvalue weighted by atomic mass is 16.6. The lowest BCUT2D eigenvalue weighted by atomic mass is 10.1. The third kappa shape index (κ3) is 3.31. The third-order valence-corrected chi connectivity index (χ3v) is 3.51. The molecule has 1 atom stereocenters. The van der Waals surface area contributed by atoms with Crippen molar-refractivity contribution in [3.8, 4) is 11.3 Å². The Morgan fingerprint density at radius 3 is 2.62 bits per heavy atom. The fraction of sp³-hybridized carbons (Fsp3) is 0.375. The second kappa shape index (κ2) is 6.54. The molecular weight excluding hydrogens is 268 g/mol. The van der Waals surface area contributed by atoms with Gasteiger partial charge in [-0.15, -0.1) is 0 Å². The molecule has 0 amide bonds. The minimum absolute atomic E-state index is 0.129. The molecule has 1 aromatic heterocycles. The Kier molecular flexibility index (Phi) is 4.75. The normalized spacial score (nSPS) is 12.3. The molecule has 1 N–H and O–H groups in total. The van der Waals surface area contributed by atoms with Crippen molar-refractivity contribution in [2.75, 3.05) is 6.54 Å². The first-order valence-corrected chi connectivity index (χ1v) is 7.15. The molecule has 5 nitrogen and oxygen atoms in total. The van der Waals surface area contributed by atoms with Crippen molar-refractivity contribution in [2.24, 2.45) is 0 Å². The SMILES string of the molecule is CCNC(CC)c1ccc(-c2ccc([N+](=O)[O-])c(C)c2)o1. The van der Waals surface area contributed by atoms with E-state index in [0.29, 0.717) is 5.56 Å². The van der Waals surface area contributed by atoms with E-state index in [9.17, 15) is 10.1 Å². The summed E-state index contributed by atoms with van der Waals surface area (Å²) in [6.07, 6.45) is 0.945. The first-order valence-electron chi connectivity index (χ1n) is 7.15. The molecule has 0 fully saturated rings. The van der Waals surface area contributed by atoms with Crippen molar-refractivity contribution >= 4 is 5.69 Å². The van der Waals surface area contributed by atoms with Gasteiger partial charge in [-0.3, -0.25) is 10.1 Å². The van der Waals surface area contributed by atoms with Gasteiger partial charge in [-0.05, 0) is 44.2 Å². The molecule has 0 aliphatic rings. The highest BCUT2D eigenvalue weighted by Crippen LogP contribution is 2.29. The molecule has 1 heterocycles. The zero-order valence-corrected chi connectivity index (χ0v) is 12.6. The Balaban J connectivity index is 2.29. The molecule has 2 rings (SSSR count). The average Bonchev–Trinajstić information content (AvgIpc) is 2.93. The van der Waals surface area contributed by atoms with Gasteiger partial charge in [-0.2, -0.15) is 0 Å². The van der Waals surface area contributed by atoms with Crippen molar-refractivity contribution in [1.29, 1.82) is 0 Å². The van der Waals surface area contributed by atoms with Crippen molar-refractivity contribution in [1.82, 2.24) is 5.32 Å². The van der Waals surface area contributed by atoms with Crippen molar-refractivity contribution in [3.05, 3.63) is 51.8 Å². The second-order valence-electron chi connectivity index (χ2n) is 4.98. The summed E-state index contributed by atoms with van der Waals surface area (Å²) in [5.41, 5.74) is 1.62. The quantitative estimate of drug-likeness (QED) is 0.638. The van der Waals surface area contributed by atoms with Crippen LogP contribution in [0, 0.1) is 17.0 Å². The molecule has 0 radical (unpaired) electrons. The summed E-state index contributed by atoms with van der Waals surface area (Å²) < 4.78 is 5.90. The van der Waals surface area contributed by atoms with Crippen molar-refractivity contribution in [2.45, 2.75) is 33.2 Å². The summed E-state index contributed by atoms with van der Waals surface area (Å²) in [4.78, 5) is 10.5. The van der Waals surface area contributed by atoms with Crippen LogP contribution in [-0.2, 0) is 0 Å². The summed E-state index contributed by atoms with van der Waals surface area (Å²) in [5.74, 6) is 1.63. The number of nitro benzene ring substituents is 1. The molecule has 1 aromatic carbocycles. The van der Waals surface area contributed by atoms with E-state index in [1.54, 1.807) is 19.1 Å². The van der Waals surface area contributed by atoms with Crippen LogP contribution in [0.3, 0.4) is 0 Å². The lowest BCUT2D eigenvalue weighted by Gasteiger charge is -2.12. The standard InChI is InChI=1S/C16H20N2O3/c1-4-13(17-5-2)16-9-8-15(21-16)12-6-7-14(18(19)20)11(3)10-12/h6-10,13,17H,4-5H2,1-3H3. The van der Waals surface area contributed by atoms with Gasteiger partial charge in [0.05, 0.1) is 11.0 Å². The summed E-state index contributed by atoms with van der Waals surface area (Å²) in [5, 5.41) is 14.2. The Bertz CT molecular complexity index is 634. The van der Waals surface area contributed by atoms with Crippen LogP contribution < -0.4 is 5.32 Å². The lowest BCUT2D eigenvalue weighted by molar-refractivity contribution is -0.385. The van der Waals surface area contributed by atoms with Crippen LogP contribution >= 0.6 is 0 Å². The molecule has 112 valence electrons. The van der Waals surface area contributed by atoms with Crippen LogP contribution in [0.5, 0.6) is 0 Å². The molecule has 0 spiro atoms. The Morgan fingerprint density at radius 2 is 2.05 bits per heavy atom. The molecule has 1 unspecified atom stereocenters. The van der Waals surface area contributed by atoms with E-state index in [0.717, 1.165) is 30.0 Å². The monoisotopic (exact) mass is 288 g/mol. The lowest BCUT2D eigenvalue weighted by Crippen LogP contribution is -2.19. The van der Waals surface area contributed by atoms with Gasteiger partial charge in [0.15, 0.2) is 0 Å². The zero-order valence-electron chi connectivity index (χ0n) is 12.6. The number of hydrogen-bond donors (Lipinski definition) is 1. The van der Waals surface area contributed by atoms with Gasteiger partial charge in [0.1, 0.15) is 11.5 Å². The van der Waals surface area contributed by atoms with Crippen LogP contribution in [0.1, 0.15) is 37.6 Å². The second-order valence-corrected chi connectivity index (χ2v) is 4.98. The minimum atomic E-state index is -0.370. The maximum Gasteiger partial charge on any atom is 0.272 e. The largest absolute Gasteiger partial charge is 0.459 e. The van der Waals surface area contributed by atoms with Gasteiger partial charge in [0, 0.05) is 17.2 Å². The fourth-order valence-corrected chi connectivity index (χ4v) is 2.40. The van der Waals surface area contributed by atoms with Gasteiger partial charge >= 0.3 is 0 Å². The maximum atomic E-state index is 10.8. The summed E-state index contributed by atoms with van der Waals surface area (Å²) in [6.45, 7) is 6.78. The average molecular weight is 288 g/mol.